The molecular weight excluding hydrogens is 338 g/mol. The monoisotopic (exact) mass is 353 g/mol. The van der Waals surface area contributed by atoms with Crippen molar-refractivity contribution in [2.75, 3.05) is 13.2 Å². The molecule has 0 bridgehead atoms. The molecule has 17 heavy (non-hydrogen) atoms. The fraction of sp³-hybridized carbons (Fsp3) is 0.667. The van der Waals surface area contributed by atoms with Gasteiger partial charge in [0.05, 0.1) is 13.2 Å². The van der Waals surface area contributed by atoms with Gasteiger partial charge in [-0.3, -0.25) is 0 Å². The van der Waals surface area contributed by atoms with Crippen molar-refractivity contribution in [2.24, 2.45) is 0 Å². The smallest absolute Gasteiger partial charge is 1.00 e. The zero-order valence-corrected chi connectivity index (χ0v) is 11.7. The van der Waals surface area contributed by atoms with Crippen LogP contribution in [0.3, 0.4) is 0 Å². The Morgan fingerprint density at radius 2 is 1.94 bits per heavy atom. The van der Waals surface area contributed by atoms with Crippen molar-refractivity contribution in [3.05, 3.63) is 18.6 Å². The number of ether oxygens (including phenoxy) is 2. The van der Waals surface area contributed by atoms with E-state index in [1.807, 2.05) is 0 Å². The van der Waals surface area contributed by atoms with Crippen LogP contribution in [0.1, 0.15) is 6.42 Å². The standard InChI is InChI=1S/C9H15O6.HI.Li/c1-2-3-14-9-8(13)7(12)6(11)5(4-10)15-9;;/h5-7,10-13H,1-4H2;1H;/q-1;;+1/p-1. The van der Waals surface area contributed by atoms with Crippen LogP contribution in [-0.2, 0) is 9.47 Å². The van der Waals surface area contributed by atoms with Crippen LogP contribution in [0.2, 0.25) is 0 Å². The Morgan fingerprint density at radius 3 is 2.41 bits per heavy atom. The Hall–Kier alpha value is 0.347. The summed E-state index contributed by atoms with van der Waals surface area (Å²) in [6.45, 7) is 3.25. The second-order valence-corrected chi connectivity index (χ2v) is 3.15. The minimum absolute atomic E-state index is 0. The molecule has 0 aliphatic carbocycles. The Labute approximate surface area is 129 Å². The number of aliphatic hydroxyl groups is 4. The molecule has 0 aromatic heterocycles. The summed E-state index contributed by atoms with van der Waals surface area (Å²) < 4.78 is 9.91. The Morgan fingerprint density at radius 1 is 1.35 bits per heavy atom. The maximum Gasteiger partial charge on any atom is 1.00 e. The summed E-state index contributed by atoms with van der Waals surface area (Å²) in [6, 6.07) is 0. The molecule has 3 unspecified atom stereocenters. The fourth-order valence-electron chi connectivity index (χ4n) is 1.17. The molecule has 0 fully saturated rings. The van der Waals surface area contributed by atoms with Crippen LogP contribution in [0, 0.1) is 6.92 Å². The van der Waals surface area contributed by atoms with Crippen LogP contribution in [0.15, 0.2) is 11.7 Å². The number of hydrogen-bond acceptors (Lipinski definition) is 6. The average molecular weight is 353 g/mol. The SMILES string of the molecule is [CH2-]CCOC1=C(O)C(O)C(O)C(CO)O1.[I-].[Li+]. The zero-order chi connectivity index (χ0) is 11.4. The van der Waals surface area contributed by atoms with E-state index in [9.17, 15) is 15.3 Å². The Kier molecular flexibility index (Phi) is 10.8. The summed E-state index contributed by atoms with van der Waals surface area (Å²) >= 11 is 0. The maximum absolute atomic E-state index is 9.37. The van der Waals surface area contributed by atoms with E-state index >= 15 is 0 Å². The van der Waals surface area contributed by atoms with E-state index in [0.29, 0.717) is 6.42 Å². The minimum atomic E-state index is -1.50. The molecule has 0 saturated carbocycles. The van der Waals surface area contributed by atoms with Gasteiger partial charge in [-0.05, 0) is 0 Å². The van der Waals surface area contributed by atoms with Gasteiger partial charge in [-0.25, -0.2) is 0 Å². The molecule has 0 spiro atoms. The molecule has 0 aromatic carbocycles. The topological polar surface area (TPSA) is 99.4 Å². The van der Waals surface area contributed by atoms with E-state index in [-0.39, 0.29) is 55.4 Å². The van der Waals surface area contributed by atoms with Crippen LogP contribution in [-0.4, -0.2) is 52.0 Å². The summed E-state index contributed by atoms with van der Waals surface area (Å²) in [5, 5.41) is 36.9. The first-order valence-corrected chi connectivity index (χ1v) is 4.60. The van der Waals surface area contributed by atoms with Gasteiger partial charge in [0.25, 0.3) is 0 Å². The molecule has 1 rings (SSSR count). The van der Waals surface area contributed by atoms with Crippen LogP contribution < -0.4 is 42.8 Å². The first-order chi connectivity index (χ1) is 7.11. The van der Waals surface area contributed by atoms with Crippen molar-refractivity contribution in [1.29, 1.82) is 0 Å². The van der Waals surface area contributed by atoms with Crippen molar-refractivity contribution >= 4 is 0 Å². The molecule has 0 aromatic rings. The second kappa shape index (κ2) is 9.30. The van der Waals surface area contributed by atoms with E-state index in [0.717, 1.165) is 0 Å². The molecule has 1 aliphatic heterocycles. The summed E-state index contributed by atoms with van der Waals surface area (Å²) in [5.74, 6) is -0.837. The molecule has 0 radical (unpaired) electrons. The molecule has 0 amide bonds. The Bertz CT molecular complexity index is 250. The first kappa shape index (κ1) is 19.7. The number of rotatable bonds is 4. The average Bonchev–Trinajstić information content (AvgIpc) is 2.25. The molecule has 1 heterocycles. The number of halogens is 1. The van der Waals surface area contributed by atoms with Crippen LogP contribution in [0.4, 0.5) is 0 Å². The van der Waals surface area contributed by atoms with E-state index in [4.69, 9.17) is 14.6 Å². The summed E-state index contributed by atoms with van der Waals surface area (Å²) in [6.07, 6.45) is -3.42. The molecule has 8 heteroatoms. The van der Waals surface area contributed by atoms with E-state index in [2.05, 4.69) is 6.92 Å². The molecule has 3 atom stereocenters. The molecule has 6 nitrogen and oxygen atoms in total. The molecule has 0 saturated heterocycles. The van der Waals surface area contributed by atoms with Gasteiger partial charge in [-0.1, -0.05) is 0 Å². The van der Waals surface area contributed by atoms with Crippen LogP contribution >= 0.6 is 0 Å². The van der Waals surface area contributed by atoms with Gasteiger partial charge < -0.3 is 60.8 Å². The predicted molar refractivity (Wildman–Crippen MR) is 49.6 cm³/mol. The predicted octanol–water partition coefficient (Wildman–Crippen LogP) is -6.92. The first-order valence-electron chi connectivity index (χ1n) is 4.60. The van der Waals surface area contributed by atoms with E-state index in [1.165, 1.54) is 0 Å². The Balaban J connectivity index is 0. The third kappa shape index (κ3) is 4.85. The van der Waals surface area contributed by atoms with Crippen LogP contribution in [0.5, 0.6) is 0 Å². The van der Waals surface area contributed by atoms with Gasteiger partial charge >= 0.3 is 24.8 Å². The third-order valence-corrected chi connectivity index (χ3v) is 2.01. The van der Waals surface area contributed by atoms with Gasteiger partial charge in [0.15, 0.2) is 6.10 Å². The van der Waals surface area contributed by atoms with E-state index in [1.54, 1.807) is 0 Å². The van der Waals surface area contributed by atoms with Gasteiger partial charge in [-0.15, -0.1) is 6.42 Å². The van der Waals surface area contributed by atoms with Gasteiger partial charge in [0.2, 0.25) is 5.76 Å². The second-order valence-electron chi connectivity index (χ2n) is 3.15. The number of aliphatic hydroxyl groups excluding tert-OH is 4. The molecule has 1 aliphatic rings. The van der Waals surface area contributed by atoms with Crippen molar-refractivity contribution < 1.29 is 72.7 Å². The fourth-order valence-corrected chi connectivity index (χ4v) is 1.17. The van der Waals surface area contributed by atoms with Gasteiger partial charge in [0.1, 0.15) is 12.2 Å². The zero-order valence-electron chi connectivity index (χ0n) is 9.54. The minimum Gasteiger partial charge on any atom is -1.00 e. The molecule has 96 valence electrons. The number of hydrogen-bond donors (Lipinski definition) is 4. The van der Waals surface area contributed by atoms with Crippen molar-refractivity contribution in [2.45, 2.75) is 24.7 Å². The summed E-state index contributed by atoms with van der Waals surface area (Å²) in [7, 11) is 0. The normalized spacial score (nSPS) is 27.6. The summed E-state index contributed by atoms with van der Waals surface area (Å²) in [4.78, 5) is 0. The maximum atomic E-state index is 9.37. The van der Waals surface area contributed by atoms with Crippen molar-refractivity contribution in [1.82, 2.24) is 0 Å². The van der Waals surface area contributed by atoms with Crippen LogP contribution in [0.25, 0.3) is 0 Å². The largest absolute Gasteiger partial charge is 1.00 e. The van der Waals surface area contributed by atoms with Crippen molar-refractivity contribution in [3.63, 3.8) is 0 Å². The van der Waals surface area contributed by atoms with Crippen molar-refractivity contribution in [3.8, 4) is 0 Å². The van der Waals surface area contributed by atoms with E-state index < -0.39 is 30.7 Å². The third-order valence-electron chi connectivity index (χ3n) is 2.01. The summed E-state index contributed by atoms with van der Waals surface area (Å²) in [5.41, 5.74) is 0. The molecular formula is C9H15ILiO6-. The van der Waals surface area contributed by atoms with Gasteiger partial charge in [-0.2, -0.15) is 0 Å². The van der Waals surface area contributed by atoms with Gasteiger partial charge in [0, 0.05) is 0 Å². The quantitative estimate of drug-likeness (QED) is 0.228. The molecule has 4 N–H and O–H groups in total.